The van der Waals surface area contributed by atoms with Gasteiger partial charge in [0.25, 0.3) is 5.91 Å². The molecule has 1 unspecified atom stereocenters. The van der Waals surface area contributed by atoms with Crippen molar-refractivity contribution in [2.24, 2.45) is 7.05 Å². The Morgan fingerprint density at radius 3 is 2.79 bits per heavy atom. The summed E-state index contributed by atoms with van der Waals surface area (Å²) in [6, 6.07) is 10.1. The molecular formula is C18H24N4O2. The second kappa shape index (κ2) is 7.49. The van der Waals surface area contributed by atoms with Crippen molar-refractivity contribution in [3.05, 3.63) is 47.8 Å². The minimum Gasteiger partial charge on any atom is -0.497 e. The van der Waals surface area contributed by atoms with E-state index in [4.69, 9.17) is 4.74 Å². The maximum absolute atomic E-state index is 12.2. The number of ether oxygens (including phenoxy) is 1. The molecule has 1 aliphatic heterocycles. The number of aryl methyl sites for hydroxylation is 1. The average Bonchev–Trinajstić information content (AvgIpc) is 3.02. The van der Waals surface area contributed by atoms with Crippen molar-refractivity contribution in [1.29, 1.82) is 0 Å². The number of hydrogen-bond donors (Lipinski definition) is 1. The number of hydrogen-bond acceptors (Lipinski definition) is 4. The molecule has 1 amide bonds. The lowest BCUT2D eigenvalue weighted by Gasteiger charge is -2.33. The van der Waals surface area contributed by atoms with Crippen molar-refractivity contribution in [1.82, 2.24) is 20.0 Å². The number of carbonyl (C=O) groups excluding carboxylic acids is 1. The van der Waals surface area contributed by atoms with Crippen LogP contribution in [0.15, 0.2) is 36.5 Å². The van der Waals surface area contributed by atoms with Gasteiger partial charge >= 0.3 is 0 Å². The van der Waals surface area contributed by atoms with E-state index in [0.29, 0.717) is 5.69 Å². The van der Waals surface area contributed by atoms with Gasteiger partial charge in [0.05, 0.1) is 7.11 Å². The Balaban J connectivity index is 1.54. The summed E-state index contributed by atoms with van der Waals surface area (Å²) in [5.41, 5.74) is 1.73. The normalized spacial score (nSPS) is 18.3. The van der Waals surface area contributed by atoms with Crippen LogP contribution in [0, 0.1) is 0 Å². The van der Waals surface area contributed by atoms with Crippen LogP contribution in [-0.2, 0) is 13.6 Å². The Kier molecular flexibility index (Phi) is 5.15. The van der Waals surface area contributed by atoms with Crippen LogP contribution in [0.2, 0.25) is 0 Å². The Morgan fingerprint density at radius 1 is 1.33 bits per heavy atom. The molecule has 1 aliphatic rings. The Hall–Kier alpha value is -2.34. The lowest BCUT2D eigenvalue weighted by molar-refractivity contribution is 0.0895. The van der Waals surface area contributed by atoms with E-state index in [0.717, 1.165) is 38.2 Å². The molecule has 0 spiro atoms. The van der Waals surface area contributed by atoms with Gasteiger partial charge in [-0.05, 0) is 43.1 Å². The van der Waals surface area contributed by atoms with E-state index in [2.05, 4.69) is 27.4 Å². The van der Waals surface area contributed by atoms with E-state index in [9.17, 15) is 4.79 Å². The van der Waals surface area contributed by atoms with Crippen molar-refractivity contribution in [2.75, 3.05) is 20.2 Å². The van der Waals surface area contributed by atoms with E-state index in [1.54, 1.807) is 24.1 Å². The van der Waals surface area contributed by atoms with Crippen molar-refractivity contribution in [2.45, 2.75) is 25.4 Å². The molecule has 1 fully saturated rings. The number of likely N-dealkylation sites (tertiary alicyclic amines) is 1. The van der Waals surface area contributed by atoms with Crippen molar-refractivity contribution < 1.29 is 9.53 Å². The molecule has 0 saturated carbocycles. The summed E-state index contributed by atoms with van der Waals surface area (Å²) in [4.78, 5) is 14.6. The summed E-state index contributed by atoms with van der Waals surface area (Å²) < 4.78 is 6.84. The molecule has 0 bridgehead atoms. The van der Waals surface area contributed by atoms with Crippen LogP contribution in [0.1, 0.15) is 28.9 Å². The maximum Gasteiger partial charge on any atom is 0.272 e. The van der Waals surface area contributed by atoms with Gasteiger partial charge in [0.15, 0.2) is 0 Å². The minimum absolute atomic E-state index is 0.0908. The summed E-state index contributed by atoms with van der Waals surface area (Å²) in [6.45, 7) is 2.81. The van der Waals surface area contributed by atoms with Gasteiger partial charge in [-0.3, -0.25) is 14.4 Å². The molecule has 1 atom stereocenters. The van der Waals surface area contributed by atoms with Crippen LogP contribution in [-0.4, -0.2) is 46.8 Å². The molecule has 1 aromatic heterocycles. The molecule has 1 aromatic carbocycles. The third-order valence-corrected chi connectivity index (χ3v) is 4.35. The highest BCUT2D eigenvalue weighted by Gasteiger charge is 2.22. The fraction of sp³-hybridized carbons (Fsp3) is 0.444. The summed E-state index contributed by atoms with van der Waals surface area (Å²) in [5.74, 6) is 0.782. The molecule has 3 rings (SSSR count). The lowest BCUT2D eigenvalue weighted by atomic mass is 10.0. The molecule has 1 N–H and O–H groups in total. The number of rotatable bonds is 5. The zero-order chi connectivity index (χ0) is 16.9. The first kappa shape index (κ1) is 16.5. The lowest BCUT2D eigenvalue weighted by Crippen LogP contribution is -2.47. The van der Waals surface area contributed by atoms with Gasteiger partial charge in [-0.15, -0.1) is 0 Å². The van der Waals surface area contributed by atoms with E-state index < -0.39 is 0 Å². The fourth-order valence-electron chi connectivity index (χ4n) is 3.10. The van der Waals surface area contributed by atoms with Crippen molar-refractivity contribution in [3.8, 4) is 5.75 Å². The quantitative estimate of drug-likeness (QED) is 0.910. The topological polar surface area (TPSA) is 59.4 Å². The summed E-state index contributed by atoms with van der Waals surface area (Å²) >= 11 is 0. The maximum atomic E-state index is 12.2. The Labute approximate surface area is 142 Å². The molecule has 0 aliphatic carbocycles. The third-order valence-electron chi connectivity index (χ3n) is 4.35. The van der Waals surface area contributed by atoms with Crippen LogP contribution >= 0.6 is 0 Å². The zero-order valence-corrected chi connectivity index (χ0v) is 14.2. The first-order valence-electron chi connectivity index (χ1n) is 8.30. The van der Waals surface area contributed by atoms with E-state index in [1.165, 1.54) is 5.56 Å². The summed E-state index contributed by atoms with van der Waals surface area (Å²) in [7, 11) is 3.49. The molecule has 2 heterocycles. The molecule has 6 nitrogen and oxygen atoms in total. The van der Waals surface area contributed by atoms with Crippen LogP contribution < -0.4 is 10.1 Å². The van der Waals surface area contributed by atoms with Gasteiger partial charge in [-0.2, -0.15) is 5.10 Å². The third kappa shape index (κ3) is 4.14. The SMILES string of the molecule is COc1ccc(CN2CCCC(NC(=O)c3ccn(C)n3)C2)cc1. The molecule has 128 valence electrons. The predicted molar refractivity (Wildman–Crippen MR) is 92.0 cm³/mol. The van der Waals surface area contributed by atoms with E-state index in [1.807, 2.05) is 19.2 Å². The predicted octanol–water partition coefficient (Wildman–Crippen LogP) is 1.82. The second-order valence-corrected chi connectivity index (χ2v) is 6.27. The number of nitrogens with one attached hydrogen (secondary N) is 1. The van der Waals surface area contributed by atoms with Crippen molar-refractivity contribution >= 4 is 5.91 Å². The summed E-state index contributed by atoms with van der Waals surface area (Å²) in [5, 5.41) is 7.26. The molecule has 0 radical (unpaired) electrons. The van der Waals surface area contributed by atoms with Gasteiger partial charge in [0.2, 0.25) is 0 Å². The number of aromatic nitrogens is 2. The molecule has 1 saturated heterocycles. The average molecular weight is 328 g/mol. The highest BCUT2D eigenvalue weighted by Crippen LogP contribution is 2.17. The first-order valence-corrected chi connectivity index (χ1v) is 8.30. The molecule has 2 aromatic rings. The highest BCUT2D eigenvalue weighted by atomic mass is 16.5. The largest absolute Gasteiger partial charge is 0.497 e. The highest BCUT2D eigenvalue weighted by molar-refractivity contribution is 5.92. The molecular weight excluding hydrogens is 304 g/mol. The molecule has 24 heavy (non-hydrogen) atoms. The summed E-state index contributed by atoms with van der Waals surface area (Å²) in [6.07, 6.45) is 3.88. The number of carbonyl (C=O) groups is 1. The first-order chi connectivity index (χ1) is 11.6. The van der Waals surface area contributed by atoms with Crippen LogP contribution in [0.3, 0.4) is 0 Å². The number of benzene rings is 1. The monoisotopic (exact) mass is 328 g/mol. The van der Waals surface area contributed by atoms with Gasteiger partial charge in [-0.25, -0.2) is 0 Å². The number of methoxy groups -OCH3 is 1. The standard InChI is InChI=1S/C18H24N4O2/c1-21-11-9-17(20-21)18(23)19-15-4-3-10-22(13-15)12-14-5-7-16(24-2)8-6-14/h5-9,11,15H,3-4,10,12-13H2,1-2H3,(H,19,23). The Morgan fingerprint density at radius 2 is 2.12 bits per heavy atom. The van der Waals surface area contributed by atoms with Gasteiger partial charge in [0, 0.05) is 32.4 Å². The number of piperidine rings is 1. The van der Waals surface area contributed by atoms with E-state index >= 15 is 0 Å². The molecule has 6 heteroatoms. The fourth-order valence-corrected chi connectivity index (χ4v) is 3.10. The second-order valence-electron chi connectivity index (χ2n) is 6.27. The van der Waals surface area contributed by atoms with Gasteiger partial charge in [0.1, 0.15) is 11.4 Å². The van der Waals surface area contributed by atoms with Crippen LogP contribution in [0.5, 0.6) is 5.75 Å². The Bertz CT molecular complexity index is 681. The smallest absolute Gasteiger partial charge is 0.272 e. The minimum atomic E-state index is -0.0908. The van der Waals surface area contributed by atoms with Crippen LogP contribution in [0.4, 0.5) is 0 Å². The number of amides is 1. The van der Waals surface area contributed by atoms with Crippen LogP contribution in [0.25, 0.3) is 0 Å². The van der Waals surface area contributed by atoms with E-state index in [-0.39, 0.29) is 11.9 Å². The number of nitrogens with zero attached hydrogens (tertiary/aromatic N) is 3. The van der Waals surface area contributed by atoms with Gasteiger partial charge in [-0.1, -0.05) is 12.1 Å². The van der Waals surface area contributed by atoms with Gasteiger partial charge < -0.3 is 10.1 Å². The van der Waals surface area contributed by atoms with Crippen molar-refractivity contribution in [3.63, 3.8) is 0 Å². The zero-order valence-electron chi connectivity index (χ0n) is 14.2.